The van der Waals surface area contributed by atoms with Gasteiger partial charge in [-0.15, -0.1) is 0 Å². The van der Waals surface area contributed by atoms with Crippen LogP contribution < -0.4 is 0 Å². The van der Waals surface area contributed by atoms with Crippen molar-refractivity contribution in [3.8, 4) is 0 Å². The number of carbonyl (C=O) groups excluding carboxylic acids is 3. The third-order valence-electron chi connectivity index (χ3n) is 8.09. The maximum absolute atomic E-state index is 13.4. The normalized spacial score (nSPS) is 16.9. The van der Waals surface area contributed by atoms with Crippen molar-refractivity contribution in [2.75, 3.05) is 0 Å². The lowest BCUT2D eigenvalue weighted by atomic mass is 9.71. The molecule has 2 aromatic carbocycles. The highest BCUT2D eigenvalue weighted by atomic mass is 16.1. The molecule has 1 aliphatic carbocycles. The summed E-state index contributed by atoms with van der Waals surface area (Å²) in [6.45, 7) is 9.95. The predicted molar refractivity (Wildman–Crippen MR) is 148 cm³/mol. The fourth-order valence-corrected chi connectivity index (χ4v) is 6.32. The zero-order valence-electron chi connectivity index (χ0n) is 23.0. The van der Waals surface area contributed by atoms with Crippen LogP contribution in [0.4, 0.5) is 0 Å². The summed E-state index contributed by atoms with van der Waals surface area (Å²) >= 11 is 0. The summed E-state index contributed by atoms with van der Waals surface area (Å²) in [6.07, 6.45) is 8.06. The second-order valence-electron chi connectivity index (χ2n) is 10.9. The van der Waals surface area contributed by atoms with E-state index in [1.807, 2.05) is 0 Å². The largest absolute Gasteiger partial charge is 0.300 e. The zero-order chi connectivity index (χ0) is 26.2. The van der Waals surface area contributed by atoms with Crippen molar-refractivity contribution >= 4 is 17.3 Å². The van der Waals surface area contributed by atoms with Crippen molar-refractivity contribution in [2.45, 2.75) is 98.8 Å². The van der Waals surface area contributed by atoms with E-state index < -0.39 is 0 Å². The van der Waals surface area contributed by atoms with E-state index in [1.54, 1.807) is 0 Å². The molecule has 2 aromatic rings. The molecule has 0 aliphatic heterocycles. The van der Waals surface area contributed by atoms with Gasteiger partial charge in [-0.05, 0) is 92.0 Å². The smallest absolute Gasteiger partial charge is 0.163 e. The minimum atomic E-state index is -0.0897. The van der Waals surface area contributed by atoms with Crippen molar-refractivity contribution in [2.24, 2.45) is 17.8 Å². The maximum atomic E-state index is 13.4. The molecule has 194 valence electrons. The van der Waals surface area contributed by atoms with Gasteiger partial charge in [0.2, 0.25) is 0 Å². The molecule has 3 atom stereocenters. The van der Waals surface area contributed by atoms with Crippen LogP contribution >= 0.6 is 0 Å². The molecule has 0 radical (unpaired) electrons. The van der Waals surface area contributed by atoms with Crippen LogP contribution in [0.2, 0.25) is 0 Å². The number of fused-ring (bicyclic) bond motifs is 1. The van der Waals surface area contributed by atoms with Crippen molar-refractivity contribution in [3.63, 3.8) is 0 Å². The topological polar surface area (TPSA) is 51.2 Å². The van der Waals surface area contributed by atoms with E-state index in [1.165, 1.54) is 29.2 Å². The fourth-order valence-electron chi connectivity index (χ4n) is 6.32. The molecule has 0 aromatic heterocycles. The lowest BCUT2D eigenvalue weighted by Gasteiger charge is -2.32. The first-order valence-electron chi connectivity index (χ1n) is 14.0. The first kappa shape index (κ1) is 28.0. The Balaban J connectivity index is 1.82. The van der Waals surface area contributed by atoms with Gasteiger partial charge in [-0.3, -0.25) is 14.4 Å². The van der Waals surface area contributed by atoms with Crippen molar-refractivity contribution < 1.29 is 14.4 Å². The molecule has 3 nitrogen and oxygen atoms in total. The first-order chi connectivity index (χ1) is 17.3. The Bertz CT molecular complexity index is 1080. The molecule has 0 saturated carbocycles. The van der Waals surface area contributed by atoms with E-state index in [2.05, 4.69) is 64.1 Å². The molecular weight excluding hydrogens is 444 g/mol. The van der Waals surface area contributed by atoms with Gasteiger partial charge in [0.15, 0.2) is 5.78 Å². The molecule has 0 N–H and O–H groups in total. The summed E-state index contributed by atoms with van der Waals surface area (Å²) in [5.74, 6) is 0.679. The van der Waals surface area contributed by atoms with Gasteiger partial charge in [0.1, 0.15) is 11.6 Å². The average molecular weight is 489 g/mol. The second kappa shape index (κ2) is 13.1. The van der Waals surface area contributed by atoms with Gasteiger partial charge < -0.3 is 0 Å². The SMILES string of the molecule is CCCC(CC1CC(=O)c2c(C)ccc(CCc3cccc(CC)c3)c2C1)C(CC)C(=O)CC(C)=O. The number of aryl methyl sites for hydroxylation is 4. The lowest BCUT2D eigenvalue weighted by Crippen LogP contribution is -2.30. The van der Waals surface area contributed by atoms with Crippen LogP contribution in [0.25, 0.3) is 0 Å². The fraction of sp³-hybridized carbons (Fsp3) is 0.545. The van der Waals surface area contributed by atoms with Gasteiger partial charge in [0.05, 0.1) is 6.42 Å². The average Bonchev–Trinajstić information content (AvgIpc) is 2.83. The third kappa shape index (κ3) is 7.02. The van der Waals surface area contributed by atoms with Crippen molar-refractivity contribution in [3.05, 3.63) is 69.8 Å². The molecule has 3 unspecified atom stereocenters. The number of hydrogen-bond acceptors (Lipinski definition) is 3. The molecule has 3 rings (SSSR count). The van der Waals surface area contributed by atoms with Gasteiger partial charge >= 0.3 is 0 Å². The minimum Gasteiger partial charge on any atom is -0.300 e. The molecule has 0 fully saturated rings. The van der Waals surface area contributed by atoms with Gasteiger partial charge in [-0.1, -0.05) is 70.0 Å². The number of rotatable bonds is 13. The van der Waals surface area contributed by atoms with Gasteiger partial charge in [-0.2, -0.15) is 0 Å². The number of benzene rings is 2. The monoisotopic (exact) mass is 488 g/mol. The van der Waals surface area contributed by atoms with E-state index in [4.69, 9.17) is 0 Å². The molecule has 0 bridgehead atoms. The summed E-state index contributed by atoms with van der Waals surface area (Å²) < 4.78 is 0. The van der Waals surface area contributed by atoms with E-state index in [0.29, 0.717) is 6.42 Å². The number of ketones is 3. The Morgan fingerprint density at radius 2 is 1.75 bits per heavy atom. The highest BCUT2D eigenvalue weighted by Gasteiger charge is 2.33. The molecular formula is C33H44O3. The van der Waals surface area contributed by atoms with Gasteiger partial charge in [-0.25, -0.2) is 0 Å². The first-order valence-corrected chi connectivity index (χ1v) is 14.0. The summed E-state index contributed by atoms with van der Waals surface area (Å²) in [5.41, 5.74) is 7.26. The van der Waals surface area contributed by atoms with Crippen LogP contribution in [-0.2, 0) is 35.3 Å². The molecule has 1 aliphatic rings. The maximum Gasteiger partial charge on any atom is 0.163 e. The molecule has 0 saturated heterocycles. The Labute approximate surface area is 218 Å². The summed E-state index contributed by atoms with van der Waals surface area (Å²) in [7, 11) is 0. The molecule has 36 heavy (non-hydrogen) atoms. The Kier molecular flexibility index (Phi) is 10.2. The van der Waals surface area contributed by atoms with E-state index in [9.17, 15) is 14.4 Å². The predicted octanol–water partition coefficient (Wildman–Crippen LogP) is 7.47. The summed E-state index contributed by atoms with van der Waals surface area (Å²) in [6, 6.07) is 13.2. The standard InChI is InChI=1S/C33H44O3/c1-6-10-28(29(8-3)31(35)17-23(5)34)19-26-20-30-27(15-13-22(4)33(30)32(36)21-26)16-14-25-12-9-11-24(7-2)18-25/h9,11-13,15,18,26,28-29H,6-8,10,14,16-17,19-21H2,1-5H3. The lowest BCUT2D eigenvalue weighted by molar-refractivity contribution is -0.129. The molecule has 0 heterocycles. The number of carbonyl (C=O) groups is 3. The van der Waals surface area contributed by atoms with Crippen LogP contribution in [0, 0.1) is 24.7 Å². The highest BCUT2D eigenvalue weighted by molar-refractivity contribution is 6.00. The van der Waals surface area contributed by atoms with E-state index in [0.717, 1.165) is 62.5 Å². The number of hydrogen-bond donors (Lipinski definition) is 0. The summed E-state index contributed by atoms with van der Waals surface area (Å²) in [4.78, 5) is 37.9. The van der Waals surface area contributed by atoms with Crippen LogP contribution in [-0.4, -0.2) is 17.3 Å². The third-order valence-corrected chi connectivity index (χ3v) is 8.09. The Hall–Kier alpha value is -2.55. The van der Waals surface area contributed by atoms with Crippen LogP contribution in [0.1, 0.15) is 104 Å². The summed E-state index contributed by atoms with van der Waals surface area (Å²) in [5, 5.41) is 0. The highest BCUT2D eigenvalue weighted by Crippen LogP contribution is 2.37. The molecule has 0 spiro atoms. The molecule has 3 heteroatoms. The van der Waals surface area contributed by atoms with Crippen LogP contribution in [0.3, 0.4) is 0 Å². The van der Waals surface area contributed by atoms with E-state index in [-0.39, 0.29) is 41.5 Å². The number of Topliss-reactive ketones (excluding diaryl/α,β-unsaturated/α-hetero) is 3. The zero-order valence-corrected chi connectivity index (χ0v) is 23.0. The van der Waals surface area contributed by atoms with Crippen molar-refractivity contribution in [1.82, 2.24) is 0 Å². The molecule has 0 amide bonds. The van der Waals surface area contributed by atoms with Gasteiger partial charge in [0.25, 0.3) is 0 Å². The Morgan fingerprint density at radius 1 is 1.00 bits per heavy atom. The van der Waals surface area contributed by atoms with E-state index >= 15 is 0 Å². The van der Waals surface area contributed by atoms with Crippen molar-refractivity contribution in [1.29, 1.82) is 0 Å². The Morgan fingerprint density at radius 3 is 2.42 bits per heavy atom. The minimum absolute atomic E-state index is 0.0354. The quantitative estimate of drug-likeness (QED) is 0.275. The van der Waals surface area contributed by atoms with Gasteiger partial charge in [0, 0.05) is 17.9 Å². The van der Waals surface area contributed by atoms with Crippen LogP contribution in [0.15, 0.2) is 36.4 Å². The second-order valence-corrected chi connectivity index (χ2v) is 10.9. The van der Waals surface area contributed by atoms with Crippen LogP contribution in [0.5, 0.6) is 0 Å².